The zero-order chi connectivity index (χ0) is 8.43. The summed E-state index contributed by atoms with van der Waals surface area (Å²) < 4.78 is 0. The maximum atomic E-state index is 2.42. The van der Waals surface area contributed by atoms with E-state index in [2.05, 4.69) is 27.7 Å². The highest BCUT2D eigenvalue weighted by molar-refractivity contribution is 4.76. The van der Waals surface area contributed by atoms with Crippen LogP contribution in [0.25, 0.3) is 0 Å². The second-order valence-corrected chi connectivity index (χ2v) is 4.77. The minimum atomic E-state index is 0. The quantitative estimate of drug-likeness (QED) is 0.549. The Morgan fingerprint density at radius 3 is 2.00 bits per heavy atom. The fraction of sp³-hybridized carbons (Fsp3) is 1.00. The molecule has 74 valence electrons. The second-order valence-electron chi connectivity index (χ2n) is 4.77. The smallest absolute Gasteiger partial charge is 0.0388 e. The molecule has 1 aliphatic carbocycles. The topological polar surface area (TPSA) is 0 Å². The van der Waals surface area contributed by atoms with Crippen molar-refractivity contribution in [3.63, 3.8) is 0 Å². The van der Waals surface area contributed by atoms with Gasteiger partial charge in [-0.25, -0.2) is 0 Å². The van der Waals surface area contributed by atoms with E-state index in [9.17, 15) is 0 Å². The molecule has 0 aromatic rings. The molecule has 1 saturated carbocycles. The van der Waals surface area contributed by atoms with Crippen LogP contribution in [0.3, 0.4) is 0 Å². The van der Waals surface area contributed by atoms with Crippen molar-refractivity contribution in [1.82, 2.24) is 0 Å². The van der Waals surface area contributed by atoms with Gasteiger partial charge in [-0.05, 0) is 36.5 Å². The van der Waals surface area contributed by atoms with Crippen LogP contribution >= 0.6 is 0 Å². The molecule has 1 rings (SSSR count). The van der Waals surface area contributed by atoms with Gasteiger partial charge in [-0.3, -0.25) is 0 Å². The van der Waals surface area contributed by atoms with Crippen molar-refractivity contribution in [3.8, 4) is 0 Å². The van der Waals surface area contributed by atoms with Gasteiger partial charge in [0.05, 0.1) is 0 Å². The van der Waals surface area contributed by atoms with Crippen LogP contribution in [-0.2, 0) is 0 Å². The summed E-state index contributed by atoms with van der Waals surface area (Å²) in [5, 5.41) is 0. The highest BCUT2D eigenvalue weighted by Crippen LogP contribution is 2.36. The van der Waals surface area contributed by atoms with Gasteiger partial charge in [-0.2, -0.15) is 0 Å². The molecule has 0 N–H and O–H groups in total. The molecular formula is C12H26. The fourth-order valence-electron chi connectivity index (χ4n) is 2.19. The Balaban J connectivity index is 0.00000121. The summed E-state index contributed by atoms with van der Waals surface area (Å²) in [6.45, 7) is 9.56. The average Bonchev–Trinajstić information content (AvgIpc) is 1.94. The number of hydrogen-bond acceptors (Lipinski definition) is 0. The van der Waals surface area contributed by atoms with E-state index in [1.54, 1.807) is 0 Å². The van der Waals surface area contributed by atoms with Crippen LogP contribution in [0.4, 0.5) is 0 Å². The average molecular weight is 170 g/mol. The van der Waals surface area contributed by atoms with Crippen LogP contribution in [0.5, 0.6) is 0 Å². The van der Waals surface area contributed by atoms with Crippen LogP contribution in [0, 0.1) is 23.7 Å². The molecule has 1 fully saturated rings. The van der Waals surface area contributed by atoms with E-state index in [-0.39, 0.29) is 7.43 Å². The van der Waals surface area contributed by atoms with Crippen LogP contribution in [-0.4, -0.2) is 0 Å². The summed E-state index contributed by atoms with van der Waals surface area (Å²) >= 11 is 0. The Hall–Kier alpha value is 0. The van der Waals surface area contributed by atoms with Crippen molar-refractivity contribution < 1.29 is 0 Å². The summed E-state index contributed by atoms with van der Waals surface area (Å²) in [5.74, 6) is 3.87. The van der Waals surface area contributed by atoms with Crippen molar-refractivity contribution in [2.24, 2.45) is 23.7 Å². The van der Waals surface area contributed by atoms with Crippen LogP contribution in [0.15, 0.2) is 0 Å². The molecule has 0 amide bonds. The van der Waals surface area contributed by atoms with Crippen LogP contribution in [0.2, 0.25) is 0 Å². The molecule has 0 nitrogen and oxygen atoms in total. The largest absolute Gasteiger partial charge is 0.0776 e. The van der Waals surface area contributed by atoms with Crippen molar-refractivity contribution in [3.05, 3.63) is 0 Å². The molecule has 0 bridgehead atoms. The van der Waals surface area contributed by atoms with Gasteiger partial charge in [-0.1, -0.05) is 41.5 Å². The van der Waals surface area contributed by atoms with Gasteiger partial charge >= 0.3 is 0 Å². The highest BCUT2D eigenvalue weighted by atomic mass is 14.3. The van der Waals surface area contributed by atoms with E-state index in [1.807, 2.05) is 0 Å². The van der Waals surface area contributed by atoms with E-state index in [0.717, 1.165) is 23.7 Å². The molecule has 0 heterocycles. The summed E-state index contributed by atoms with van der Waals surface area (Å²) in [5.41, 5.74) is 0. The molecule has 12 heavy (non-hydrogen) atoms. The molecule has 0 saturated heterocycles. The Morgan fingerprint density at radius 2 is 1.58 bits per heavy atom. The van der Waals surface area contributed by atoms with Crippen molar-refractivity contribution in [2.45, 2.75) is 54.4 Å². The molecule has 0 aliphatic heterocycles. The third-order valence-corrected chi connectivity index (χ3v) is 3.58. The molecule has 0 spiro atoms. The Bertz CT molecular complexity index is 115. The minimum absolute atomic E-state index is 0. The molecule has 0 aromatic heterocycles. The van der Waals surface area contributed by atoms with E-state index in [4.69, 9.17) is 0 Å². The fourth-order valence-corrected chi connectivity index (χ4v) is 2.19. The maximum Gasteiger partial charge on any atom is -0.0388 e. The molecular weight excluding hydrogens is 144 g/mol. The molecule has 3 unspecified atom stereocenters. The minimum Gasteiger partial charge on any atom is -0.0776 e. The van der Waals surface area contributed by atoms with E-state index < -0.39 is 0 Å². The lowest BCUT2D eigenvalue weighted by atomic mass is 9.72. The van der Waals surface area contributed by atoms with E-state index in [1.165, 1.54) is 19.3 Å². The van der Waals surface area contributed by atoms with Gasteiger partial charge < -0.3 is 0 Å². The Morgan fingerprint density at radius 1 is 1.00 bits per heavy atom. The van der Waals surface area contributed by atoms with E-state index in [0.29, 0.717) is 0 Å². The first-order chi connectivity index (χ1) is 5.11. The Labute approximate surface area is 78.8 Å². The third kappa shape index (κ3) is 2.80. The Kier molecular flexibility index (Phi) is 4.89. The molecule has 3 atom stereocenters. The zero-order valence-corrected chi connectivity index (χ0v) is 8.43. The number of rotatable bonds is 1. The summed E-state index contributed by atoms with van der Waals surface area (Å²) in [7, 11) is 0. The lowest BCUT2D eigenvalue weighted by molar-refractivity contribution is 0.171. The van der Waals surface area contributed by atoms with Crippen molar-refractivity contribution in [1.29, 1.82) is 0 Å². The van der Waals surface area contributed by atoms with Crippen LogP contribution < -0.4 is 0 Å². The maximum absolute atomic E-state index is 2.42. The van der Waals surface area contributed by atoms with Crippen molar-refractivity contribution >= 4 is 0 Å². The second kappa shape index (κ2) is 4.89. The molecule has 0 radical (unpaired) electrons. The van der Waals surface area contributed by atoms with Crippen LogP contribution in [0.1, 0.15) is 54.4 Å². The lowest BCUT2D eigenvalue weighted by Gasteiger charge is -2.34. The summed E-state index contributed by atoms with van der Waals surface area (Å²) in [6, 6.07) is 0. The zero-order valence-electron chi connectivity index (χ0n) is 8.43. The van der Waals surface area contributed by atoms with E-state index >= 15 is 0 Å². The monoisotopic (exact) mass is 170 g/mol. The SMILES string of the molecule is C.CC(C)C1CCC(C)C(C)C1. The van der Waals surface area contributed by atoms with Gasteiger partial charge in [-0.15, -0.1) is 0 Å². The van der Waals surface area contributed by atoms with Crippen molar-refractivity contribution in [2.75, 3.05) is 0 Å². The normalized spacial score (nSPS) is 36.2. The first kappa shape index (κ1) is 12.0. The van der Waals surface area contributed by atoms with Gasteiger partial charge in [0.2, 0.25) is 0 Å². The first-order valence-electron chi connectivity index (χ1n) is 5.11. The van der Waals surface area contributed by atoms with Gasteiger partial charge in [0.25, 0.3) is 0 Å². The predicted molar refractivity (Wildman–Crippen MR) is 57.2 cm³/mol. The molecule has 0 heteroatoms. The summed E-state index contributed by atoms with van der Waals surface area (Å²) in [6.07, 6.45) is 4.41. The highest BCUT2D eigenvalue weighted by Gasteiger charge is 2.25. The van der Waals surface area contributed by atoms with Gasteiger partial charge in [0, 0.05) is 0 Å². The van der Waals surface area contributed by atoms with Gasteiger partial charge in [0.1, 0.15) is 0 Å². The predicted octanol–water partition coefficient (Wildman–Crippen LogP) is 4.35. The lowest BCUT2D eigenvalue weighted by Crippen LogP contribution is -2.23. The molecule has 1 aliphatic rings. The van der Waals surface area contributed by atoms with Gasteiger partial charge in [0.15, 0.2) is 0 Å². The third-order valence-electron chi connectivity index (χ3n) is 3.58. The molecule has 0 aromatic carbocycles. The first-order valence-corrected chi connectivity index (χ1v) is 5.11. The summed E-state index contributed by atoms with van der Waals surface area (Å²) in [4.78, 5) is 0. The standard InChI is InChI=1S/C11H22.CH4/c1-8(2)11-6-5-9(3)10(4)7-11;/h8-11H,5-7H2,1-4H3;1H4. The number of hydrogen-bond donors (Lipinski definition) is 0.